The molecule has 0 bridgehead atoms. The first-order chi connectivity index (χ1) is 8.62. The summed E-state index contributed by atoms with van der Waals surface area (Å²) in [5.41, 5.74) is 0. The van der Waals surface area contributed by atoms with Crippen LogP contribution in [0.3, 0.4) is 0 Å². The first-order valence-corrected chi connectivity index (χ1v) is 8.27. The van der Waals surface area contributed by atoms with Gasteiger partial charge in [0.1, 0.15) is 17.3 Å². The van der Waals surface area contributed by atoms with Crippen molar-refractivity contribution in [1.82, 2.24) is 5.32 Å². The second-order valence-corrected chi connectivity index (χ2v) is 7.25. The van der Waals surface area contributed by atoms with Crippen LogP contribution in [0.2, 0.25) is 0 Å². The Hall–Kier alpha value is -0.810. The molecule has 1 aliphatic carbocycles. The first kappa shape index (κ1) is 13.6. The summed E-state index contributed by atoms with van der Waals surface area (Å²) in [6.07, 6.45) is 4.86. The Bertz CT molecular complexity index is 472. The van der Waals surface area contributed by atoms with Gasteiger partial charge in [-0.15, -0.1) is 0 Å². The van der Waals surface area contributed by atoms with Gasteiger partial charge in [0.15, 0.2) is 9.84 Å². The van der Waals surface area contributed by atoms with E-state index in [0.29, 0.717) is 12.3 Å². The Kier molecular flexibility index (Phi) is 4.45. The molecular weight excluding hydrogens is 250 g/mol. The van der Waals surface area contributed by atoms with Gasteiger partial charge in [0.25, 0.3) is 0 Å². The number of nitrogens with one attached hydrogen (secondary N) is 1. The fourth-order valence-corrected chi connectivity index (χ4v) is 4.35. The van der Waals surface area contributed by atoms with Crippen molar-refractivity contribution < 1.29 is 12.8 Å². The highest BCUT2D eigenvalue weighted by molar-refractivity contribution is 7.91. The van der Waals surface area contributed by atoms with Gasteiger partial charge in [-0.05, 0) is 32.0 Å². The molecule has 18 heavy (non-hydrogen) atoms. The predicted octanol–water partition coefficient (Wildman–Crippen LogP) is 2.25. The molecular formula is C13H21NO3S. The molecule has 1 aromatic heterocycles. The molecule has 2 rings (SSSR count). The van der Waals surface area contributed by atoms with E-state index in [9.17, 15) is 8.42 Å². The van der Waals surface area contributed by atoms with E-state index in [1.54, 1.807) is 6.07 Å². The quantitative estimate of drug-likeness (QED) is 0.892. The maximum absolute atomic E-state index is 12.2. The third kappa shape index (κ3) is 3.36. The van der Waals surface area contributed by atoms with Gasteiger partial charge in [0.2, 0.25) is 0 Å². The van der Waals surface area contributed by atoms with Crippen LogP contribution in [-0.4, -0.2) is 20.7 Å². The normalized spacial score (nSPS) is 18.1. The van der Waals surface area contributed by atoms with Crippen LogP contribution in [-0.2, 0) is 22.1 Å². The molecule has 1 heterocycles. The third-order valence-corrected chi connectivity index (χ3v) is 5.65. The van der Waals surface area contributed by atoms with Gasteiger partial charge in [-0.1, -0.05) is 19.3 Å². The summed E-state index contributed by atoms with van der Waals surface area (Å²) in [5, 5.41) is 2.82. The fourth-order valence-electron chi connectivity index (χ4n) is 2.51. The van der Waals surface area contributed by atoms with Crippen molar-refractivity contribution in [2.45, 2.75) is 49.7 Å². The number of hydrogen-bond acceptors (Lipinski definition) is 4. The SMILES string of the molecule is CNCc1ccc(CS(=O)(=O)C2CCCCC2)o1. The Balaban J connectivity index is 2.01. The molecule has 1 aliphatic rings. The molecule has 0 amide bonds. The van der Waals surface area contributed by atoms with Crippen molar-refractivity contribution in [2.75, 3.05) is 7.05 Å². The summed E-state index contributed by atoms with van der Waals surface area (Å²) >= 11 is 0. The van der Waals surface area contributed by atoms with Crippen LogP contribution in [0.25, 0.3) is 0 Å². The predicted molar refractivity (Wildman–Crippen MR) is 71.0 cm³/mol. The van der Waals surface area contributed by atoms with Crippen molar-refractivity contribution in [2.24, 2.45) is 0 Å². The van der Waals surface area contributed by atoms with Gasteiger partial charge in [-0.2, -0.15) is 0 Å². The van der Waals surface area contributed by atoms with Gasteiger partial charge in [-0.3, -0.25) is 0 Å². The highest BCUT2D eigenvalue weighted by Gasteiger charge is 2.28. The van der Waals surface area contributed by atoms with Crippen LogP contribution < -0.4 is 5.32 Å². The molecule has 0 unspecified atom stereocenters. The molecule has 0 aliphatic heterocycles. The van der Waals surface area contributed by atoms with Gasteiger partial charge in [-0.25, -0.2) is 8.42 Å². The number of rotatable bonds is 5. The maximum Gasteiger partial charge on any atom is 0.160 e. The van der Waals surface area contributed by atoms with Crippen LogP contribution in [0.1, 0.15) is 43.6 Å². The highest BCUT2D eigenvalue weighted by atomic mass is 32.2. The average Bonchev–Trinajstić information content (AvgIpc) is 2.77. The molecule has 1 N–H and O–H groups in total. The van der Waals surface area contributed by atoms with E-state index in [0.717, 1.165) is 31.4 Å². The van der Waals surface area contributed by atoms with E-state index in [1.165, 1.54) is 6.42 Å². The maximum atomic E-state index is 12.2. The van der Waals surface area contributed by atoms with Gasteiger partial charge >= 0.3 is 0 Å². The number of hydrogen-bond donors (Lipinski definition) is 1. The van der Waals surface area contributed by atoms with Crippen LogP contribution in [0.5, 0.6) is 0 Å². The molecule has 5 heteroatoms. The summed E-state index contributed by atoms with van der Waals surface area (Å²) in [7, 11) is -1.22. The third-order valence-electron chi connectivity index (χ3n) is 3.47. The lowest BCUT2D eigenvalue weighted by atomic mass is 10.0. The van der Waals surface area contributed by atoms with E-state index in [1.807, 2.05) is 13.1 Å². The van der Waals surface area contributed by atoms with Gasteiger partial charge in [0.05, 0.1) is 11.8 Å². The van der Waals surface area contributed by atoms with Crippen LogP contribution >= 0.6 is 0 Å². The lowest BCUT2D eigenvalue weighted by Crippen LogP contribution is -2.25. The summed E-state index contributed by atoms with van der Waals surface area (Å²) in [6, 6.07) is 3.61. The second kappa shape index (κ2) is 5.89. The van der Waals surface area contributed by atoms with Crippen molar-refractivity contribution in [1.29, 1.82) is 0 Å². The Morgan fingerprint density at radius 3 is 2.56 bits per heavy atom. The largest absolute Gasteiger partial charge is 0.464 e. The molecule has 0 saturated heterocycles. The van der Waals surface area contributed by atoms with E-state index in [2.05, 4.69) is 5.32 Å². The molecule has 0 atom stereocenters. The average molecular weight is 271 g/mol. The fraction of sp³-hybridized carbons (Fsp3) is 0.692. The summed E-state index contributed by atoms with van der Waals surface area (Å²) in [5.74, 6) is 1.39. The number of furan rings is 1. The van der Waals surface area contributed by atoms with Gasteiger partial charge in [0, 0.05) is 0 Å². The van der Waals surface area contributed by atoms with Crippen molar-refractivity contribution in [3.8, 4) is 0 Å². The van der Waals surface area contributed by atoms with Crippen molar-refractivity contribution in [3.63, 3.8) is 0 Å². The van der Waals surface area contributed by atoms with Crippen LogP contribution in [0.15, 0.2) is 16.5 Å². The second-order valence-electron chi connectivity index (χ2n) is 4.97. The zero-order valence-electron chi connectivity index (χ0n) is 10.8. The smallest absolute Gasteiger partial charge is 0.160 e. The van der Waals surface area contributed by atoms with Crippen molar-refractivity contribution >= 4 is 9.84 Å². The lowest BCUT2D eigenvalue weighted by Gasteiger charge is -2.21. The van der Waals surface area contributed by atoms with Crippen LogP contribution in [0, 0.1) is 0 Å². The zero-order chi connectivity index (χ0) is 13.0. The van der Waals surface area contributed by atoms with Crippen molar-refractivity contribution in [3.05, 3.63) is 23.7 Å². The van der Waals surface area contributed by atoms with Gasteiger partial charge < -0.3 is 9.73 Å². The molecule has 4 nitrogen and oxygen atoms in total. The molecule has 1 saturated carbocycles. The Labute approximate surface area is 109 Å². The van der Waals surface area contributed by atoms with E-state index < -0.39 is 9.84 Å². The standard InChI is InChI=1S/C13H21NO3S/c1-14-9-11-7-8-12(17-11)10-18(15,16)13-5-3-2-4-6-13/h7-8,13-14H,2-6,9-10H2,1H3. The van der Waals surface area contributed by atoms with E-state index in [4.69, 9.17) is 4.42 Å². The summed E-state index contributed by atoms with van der Waals surface area (Å²) < 4.78 is 30.0. The minimum absolute atomic E-state index is 0.0430. The minimum atomic E-state index is -3.05. The summed E-state index contributed by atoms with van der Waals surface area (Å²) in [6.45, 7) is 0.628. The summed E-state index contributed by atoms with van der Waals surface area (Å²) in [4.78, 5) is 0. The molecule has 0 spiro atoms. The number of sulfone groups is 1. The highest BCUT2D eigenvalue weighted by Crippen LogP contribution is 2.26. The Morgan fingerprint density at radius 2 is 1.89 bits per heavy atom. The topological polar surface area (TPSA) is 59.3 Å². The molecule has 1 fully saturated rings. The monoisotopic (exact) mass is 271 g/mol. The lowest BCUT2D eigenvalue weighted by molar-refractivity contribution is 0.456. The minimum Gasteiger partial charge on any atom is -0.464 e. The van der Waals surface area contributed by atoms with Crippen LogP contribution in [0.4, 0.5) is 0 Å². The van der Waals surface area contributed by atoms with E-state index in [-0.39, 0.29) is 11.0 Å². The van der Waals surface area contributed by atoms with E-state index >= 15 is 0 Å². The molecule has 102 valence electrons. The molecule has 0 radical (unpaired) electrons. The Morgan fingerprint density at radius 1 is 1.22 bits per heavy atom. The molecule has 1 aromatic rings. The first-order valence-electron chi connectivity index (χ1n) is 6.55. The molecule has 0 aromatic carbocycles. The zero-order valence-corrected chi connectivity index (χ0v) is 11.6.